The molecule has 0 spiro atoms. The predicted molar refractivity (Wildman–Crippen MR) is 90.8 cm³/mol. The van der Waals surface area contributed by atoms with E-state index in [0.29, 0.717) is 18.5 Å². The van der Waals surface area contributed by atoms with Crippen LogP contribution in [0.3, 0.4) is 0 Å². The minimum absolute atomic E-state index is 0.309. The molecule has 1 aliphatic carbocycles. The van der Waals surface area contributed by atoms with Crippen LogP contribution in [0.25, 0.3) is 10.9 Å². The highest BCUT2D eigenvalue weighted by Crippen LogP contribution is 2.49. The zero-order valence-electron chi connectivity index (χ0n) is 13.8. The molecule has 3 atom stereocenters. The van der Waals surface area contributed by atoms with E-state index < -0.39 is 11.4 Å². The maximum atomic E-state index is 12.1. The summed E-state index contributed by atoms with van der Waals surface area (Å²) in [7, 11) is 2.10. The van der Waals surface area contributed by atoms with Crippen LogP contribution in [0.5, 0.6) is 0 Å². The summed E-state index contributed by atoms with van der Waals surface area (Å²) in [5.74, 6) is -0.319. The molecule has 1 aromatic heterocycles. The lowest BCUT2D eigenvalue weighted by molar-refractivity contribution is -0.155. The van der Waals surface area contributed by atoms with Gasteiger partial charge in [-0.05, 0) is 43.5 Å². The zero-order valence-corrected chi connectivity index (χ0v) is 13.8. The Kier molecular flexibility index (Phi) is 3.27. The monoisotopic (exact) mass is 312 g/mol. The third-order valence-corrected chi connectivity index (χ3v) is 6.02. The van der Waals surface area contributed by atoms with Gasteiger partial charge in [0.05, 0.1) is 5.41 Å². The van der Waals surface area contributed by atoms with Gasteiger partial charge < -0.3 is 15.0 Å². The van der Waals surface area contributed by atoms with E-state index in [1.54, 1.807) is 0 Å². The van der Waals surface area contributed by atoms with Crippen LogP contribution in [0.1, 0.15) is 43.2 Å². The fourth-order valence-corrected chi connectivity index (χ4v) is 5.04. The van der Waals surface area contributed by atoms with Crippen LogP contribution in [-0.2, 0) is 11.2 Å². The predicted octanol–water partition coefficient (Wildman–Crippen LogP) is 3.38. The van der Waals surface area contributed by atoms with Gasteiger partial charge in [-0.25, -0.2) is 0 Å². The molecule has 1 unspecified atom stereocenters. The van der Waals surface area contributed by atoms with Crippen molar-refractivity contribution in [2.45, 2.75) is 44.6 Å². The molecule has 4 nitrogen and oxygen atoms in total. The van der Waals surface area contributed by atoms with Gasteiger partial charge in [0.2, 0.25) is 0 Å². The number of hydrogen-bond donors (Lipinski definition) is 2. The average Bonchev–Trinajstić information content (AvgIpc) is 2.93. The standard InChI is InChI=1S/C19H24N2O2/c1-3-7-19(18(22)23)9-14-13-5-4-6-15-17(13)12(10-20-15)8-16(14)21(2)11-19/h4-6,10,14,16,20H,3,7-9,11H2,1-2H3,(H,22,23)/t14-,16-,19?/m1/s1. The third-order valence-electron chi connectivity index (χ3n) is 6.02. The number of likely N-dealkylation sites (N-methyl/N-ethyl adjacent to an activating group) is 1. The molecule has 0 amide bonds. The lowest BCUT2D eigenvalue weighted by atomic mass is 9.65. The molecule has 2 heterocycles. The van der Waals surface area contributed by atoms with E-state index in [-0.39, 0.29) is 0 Å². The van der Waals surface area contributed by atoms with E-state index in [1.165, 1.54) is 22.0 Å². The number of nitrogens with zero attached hydrogens (tertiary/aromatic N) is 1. The van der Waals surface area contributed by atoms with E-state index in [0.717, 1.165) is 25.7 Å². The SMILES string of the molecule is CCCC1(C(=O)O)C[C@@H]2c3cccc4[nH]cc(c34)C[C@H]2N(C)C1. The molecule has 1 saturated heterocycles. The Labute approximate surface area is 136 Å². The van der Waals surface area contributed by atoms with Gasteiger partial charge in [-0.1, -0.05) is 25.5 Å². The molecular formula is C19H24N2O2. The number of hydrogen-bond acceptors (Lipinski definition) is 2. The number of aromatic nitrogens is 1. The summed E-state index contributed by atoms with van der Waals surface area (Å²) >= 11 is 0. The van der Waals surface area contributed by atoms with E-state index >= 15 is 0 Å². The Bertz CT molecular complexity index is 766. The van der Waals surface area contributed by atoms with Crippen LogP contribution in [0, 0.1) is 5.41 Å². The molecule has 2 N–H and O–H groups in total. The van der Waals surface area contributed by atoms with Gasteiger partial charge in [-0.15, -0.1) is 0 Å². The first kappa shape index (κ1) is 14.8. The molecule has 4 heteroatoms. The van der Waals surface area contributed by atoms with E-state index in [4.69, 9.17) is 0 Å². The second-order valence-corrected chi connectivity index (χ2v) is 7.42. The number of fused-ring (bicyclic) bond motifs is 2. The van der Waals surface area contributed by atoms with Crippen molar-refractivity contribution >= 4 is 16.9 Å². The number of carboxylic acid groups (broad SMARTS) is 1. The number of aliphatic carboxylic acids is 1. The summed E-state index contributed by atoms with van der Waals surface area (Å²) in [4.78, 5) is 17.8. The first-order chi connectivity index (χ1) is 11.1. The fraction of sp³-hybridized carbons (Fsp3) is 0.526. The number of benzene rings is 1. The van der Waals surface area contributed by atoms with Gasteiger partial charge in [0.25, 0.3) is 0 Å². The minimum atomic E-state index is -0.628. The summed E-state index contributed by atoms with van der Waals surface area (Å²) < 4.78 is 0. The van der Waals surface area contributed by atoms with Gasteiger partial charge in [0, 0.05) is 35.6 Å². The van der Waals surface area contributed by atoms with Crippen molar-refractivity contribution < 1.29 is 9.90 Å². The fourth-order valence-electron chi connectivity index (χ4n) is 5.04. The summed E-state index contributed by atoms with van der Waals surface area (Å²) in [6, 6.07) is 6.82. The van der Waals surface area contributed by atoms with Crippen molar-refractivity contribution in [1.29, 1.82) is 0 Å². The first-order valence-corrected chi connectivity index (χ1v) is 8.58. The molecule has 0 saturated carbocycles. The van der Waals surface area contributed by atoms with Crippen molar-refractivity contribution in [2.75, 3.05) is 13.6 Å². The maximum absolute atomic E-state index is 12.1. The minimum Gasteiger partial charge on any atom is -0.481 e. The van der Waals surface area contributed by atoms with Crippen LogP contribution in [0.2, 0.25) is 0 Å². The molecule has 4 rings (SSSR count). The van der Waals surface area contributed by atoms with Crippen molar-refractivity contribution in [1.82, 2.24) is 9.88 Å². The highest BCUT2D eigenvalue weighted by Gasteiger charge is 2.49. The Morgan fingerprint density at radius 1 is 1.48 bits per heavy atom. The molecule has 0 bridgehead atoms. The van der Waals surface area contributed by atoms with Crippen molar-refractivity contribution in [3.8, 4) is 0 Å². The number of rotatable bonds is 3. The summed E-state index contributed by atoms with van der Waals surface area (Å²) in [5.41, 5.74) is 3.28. The topological polar surface area (TPSA) is 56.3 Å². The smallest absolute Gasteiger partial charge is 0.310 e. The lowest BCUT2D eigenvalue weighted by Gasteiger charge is -2.49. The van der Waals surface area contributed by atoms with E-state index in [2.05, 4.69) is 48.3 Å². The molecule has 1 aromatic carbocycles. The number of aromatic amines is 1. The number of nitrogens with one attached hydrogen (secondary N) is 1. The Morgan fingerprint density at radius 2 is 2.30 bits per heavy atom. The Hall–Kier alpha value is -1.81. The summed E-state index contributed by atoms with van der Waals surface area (Å²) in [5, 5.41) is 11.3. The molecule has 1 aliphatic heterocycles. The van der Waals surface area contributed by atoms with Gasteiger partial charge >= 0.3 is 5.97 Å². The van der Waals surface area contributed by atoms with Crippen LogP contribution in [-0.4, -0.2) is 40.6 Å². The Balaban J connectivity index is 1.83. The Morgan fingerprint density at radius 3 is 3.04 bits per heavy atom. The second-order valence-electron chi connectivity index (χ2n) is 7.42. The summed E-state index contributed by atoms with van der Waals surface area (Å²) in [6.07, 6.45) is 5.57. The quantitative estimate of drug-likeness (QED) is 0.913. The molecule has 1 fully saturated rings. The highest BCUT2D eigenvalue weighted by atomic mass is 16.4. The maximum Gasteiger partial charge on any atom is 0.310 e. The van der Waals surface area contributed by atoms with Gasteiger partial charge in [-0.3, -0.25) is 4.79 Å². The molecular weight excluding hydrogens is 288 g/mol. The zero-order chi connectivity index (χ0) is 16.2. The third kappa shape index (κ3) is 2.04. The molecule has 2 aromatic rings. The first-order valence-electron chi connectivity index (χ1n) is 8.58. The van der Waals surface area contributed by atoms with Gasteiger partial charge in [-0.2, -0.15) is 0 Å². The van der Waals surface area contributed by atoms with Crippen LogP contribution >= 0.6 is 0 Å². The van der Waals surface area contributed by atoms with Crippen molar-refractivity contribution in [3.63, 3.8) is 0 Å². The summed E-state index contributed by atoms with van der Waals surface area (Å²) in [6.45, 7) is 2.75. The van der Waals surface area contributed by atoms with Crippen LogP contribution in [0.15, 0.2) is 24.4 Å². The number of carboxylic acids is 1. The van der Waals surface area contributed by atoms with Crippen LogP contribution < -0.4 is 0 Å². The molecule has 2 aliphatic rings. The van der Waals surface area contributed by atoms with Crippen molar-refractivity contribution in [3.05, 3.63) is 35.5 Å². The lowest BCUT2D eigenvalue weighted by Crippen LogP contribution is -2.55. The molecule has 23 heavy (non-hydrogen) atoms. The van der Waals surface area contributed by atoms with Gasteiger partial charge in [0.15, 0.2) is 0 Å². The molecule has 0 radical (unpaired) electrons. The number of piperidine rings is 1. The average molecular weight is 312 g/mol. The number of carbonyl (C=O) groups is 1. The van der Waals surface area contributed by atoms with E-state index in [1.807, 2.05) is 0 Å². The number of H-pyrrole nitrogens is 1. The second kappa shape index (κ2) is 5.10. The largest absolute Gasteiger partial charge is 0.481 e. The van der Waals surface area contributed by atoms with Crippen molar-refractivity contribution in [2.24, 2.45) is 5.41 Å². The molecule has 122 valence electrons. The number of likely N-dealkylation sites (tertiary alicyclic amines) is 1. The van der Waals surface area contributed by atoms with E-state index in [9.17, 15) is 9.90 Å². The normalized spacial score (nSPS) is 30.3. The van der Waals surface area contributed by atoms with Gasteiger partial charge in [0.1, 0.15) is 0 Å². The highest BCUT2D eigenvalue weighted by molar-refractivity contribution is 5.88. The van der Waals surface area contributed by atoms with Crippen LogP contribution in [0.4, 0.5) is 0 Å².